The van der Waals surface area contributed by atoms with Crippen LogP contribution in [-0.4, -0.2) is 42.7 Å². The number of carbonyl (C=O) groups is 1. The van der Waals surface area contributed by atoms with Gasteiger partial charge in [-0.05, 0) is 19.1 Å². The monoisotopic (exact) mass is 274 g/mol. The molecule has 0 aliphatic carbocycles. The lowest BCUT2D eigenvalue weighted by Gasteiger charge is -2.43. The molecule has 2 bridgehead atoms. The topological polar surface area (TPSA) is 26.3 Å². The molecule has 20 heavy (non-hydrogen) atoms. The molecule has 3 atom stereocenters. The van der Waals surface area contributed by atoms with Crippen LogP contribution < -0.4 is 0 Å². The van der Waals surface area contributed by atoms with E-state index in [-0.39, 0.29) is 12.1 Å². The molecule has 2 fully saturated rings. The number of hydrogen-bond acceptors (Lipinski definition) is 2. The van der Waals surface area contributed by atoms with Crippen LogP contribution in [0.2, 0.25) is 0 Å². The van der Waals surface area contributed by atoms with Crippen LogP contribution >= 0.6 is 0 Å². The number of quaternary nitrogens is 1. The first-order valence-corrected chi connectivity index (χ1v) is 7.58. The first-order chi connectivity index (χ1) is 9.46. The fraction of sp³-hybridized carbons (Fsp3) is 0.588. The van der Waals surface area contributed by atoms with E-state index in [9.17, 15) is 4.79 Å². The maximum Gasteiger partial charge on any atom is 0.338 e. The highest BCUT2D eigenvalue weighted by atomic mass is 16.5. The molecule has 2 aliphatic heterocycles. The number of esters is 1. The average Bonchev–Trinajstić information content (AvgIpc) is 2.59. The van der Waals surface area contributed by atoms with Gasteiger partial charge in [-0.15, -0.1) is 0 Å². The van der Waals surface area contributed by atoms with Crippen LogP contribution in [0, 0.1) is 6.92 Å². The van der Waals surface area contributed by atoms with Crippen LogP contribution in [0.3, 0.4) is 0 Å². The van der Waals surface area contributed by atoms with E-state index >= 15 is 0 Å². The third-order valence-corrected chi connectivity index (χ3v) is 5.35. The molecule has 1 unspecified atom stereocenters. The van der Waals surface area contributed by atoms with Crippen molar-refractivity contribution in [3.63, 3.8) is 0 Å². The summed E-state index contributed by atoms with van der Waals surface area (Å²) in [7, 11) is 4.64. The van der Waals surface area contributed by atoms with Crippen molar-refractivity contribution >= 4 is 5.97 Å². The second-order valence-corrected chi connectivity index (χ2v) is 6.88. The molecule has 1 aromatic rings. The third-order valence-electron chi connectivity index (χ3n) is 5.35. The molecule has 0 radical (unpaired) electrons. The van der Waals surface area contributed by atoms with Crippen molar-refractivity contribution in [1.82, 2.24) is 0 Å². The number of ether oxygens (including phenoxy) is 1. The second-order valence-electron chi connectivity index (χ2n) is 6.88. The minimum Gasteiger partial charge on any atom is -0.458 e. The molecule has 2 saturated heterocycles. The summed E-state index contributed by atoms with van der Waals surface area (Å²) in [6.07, 6.45) is 4.68. The van der Waals surface area contributed by atoms with Crippen LogP contribution in [0.25, 0.3) is 0 Å². The first-order valence-electron chi connectivity index (χ1n) is 7.58. The largest absolute Gasteiger partial charge is 0.458 e. The highest BCUT2D eigenvalue weighted by molar-refractivity contribution is 5.89. The van der Waals surface area contributed by atoms with Gasteiger partial charge in [0.1, 0.15) is 6.10 Å². The lowest BCUT2D eigenvalue weighted by Crippen LogP contribution is -2.56. The zero-order valence-corrected chi connectivity index (χ0v) is 12.6. The number of nitrogens with zero attached hydrogens (tertiary/aromatic N) is 1. The van der Waals surface area contributed by atoms with Crippen LogP contribution in [0.4, 0.5) is 0 Å². The summed E-state index contributed by atoms with van der Waals surface area (Å²) in [5.41, 5.74) is 1.83. The van der Waals surface area contributed by atoms with Gasteiger partial charge in [-0.3, -0.25) is 0 Å². The zero-order chi connectivity index (χ0) is 14.3. The number of rotatable bonds is 2. The maximum atomic E-state index is 12.2. The molecule has 0 amide bonds. The summed E-state index contributed by atoms with van der Waals surface area (Å²) >= 11 is 0. The molecule has 108 valence electrons. The van der Waals surface area contributed by atoms with E-state index in [0.29, 0.717) is 17.6 Å². The fourth-order valence-electron chi connectivity index (χ4n) is 3.84. The van der Waals surface area contributed by atoms with E-state index in [4.69, 9.17) is 4.74 Å². The van der Waals surface area contributed by atoms with Crippen molar-refractivity contribution in [2.45, 2.75) is 50.8 Å². The molecular weight excluding hydrogens is 250 g/mol. The van der Waals surface area contributed by atoms with Crippen molar-refractivity contribution in [3.8, 4) is 0 Å². The highest BCUT2D eigenvalue weighted by Crippen LogP contribution is 2.40. The quantitative estimate of drug-likeness (QED) is 0.612. The Balaban J connectivity index is 1.65. The number of benzene rings is 1. The second kappa shape index (κ2) is 4.88. The van der Waals surface area contributed by atoms with E-state index in [2.05, 4.69) is 14.1 Å². The Bertz CT molecular complexity index is 490. The maximum absolute atomic E-state index is 12.2. The Hall–Kier alpha value is -1.35. The van der Waals surface area contributed by atoms with Gasteiger partial charge in [-0.2, -0.15) is 0 Å². The van der Waals surface area contributed by atoms with Crippen LogP contribution in [0.15, 0.2) is 24.3 Å². The molecule has 3 nitrogen and oxygen atoms in total. The number of carbonyl (C=O) groups excluding carboxylic acids is 1. The molecule has 1 aromatic carbocycles. The summed E-state index contributed by atoms with van der Waals surface area (Å²) in [6.45, 7) is 2.02. The van der Waals surface area contributed by atoms with Crippen molar-refractivity contribution < 1.29 is 14.0 Å². The lowest BCUT2D eigenvalue weighted by atomic mass is 9.98. The Kier molecular flexibility index (Phi) is 3.33. The molecular formula is C17H24NO2+. The van der Waals surface area contributed by atoms with Gasteiger partial charge in [0.25, 0.3) is 0 Å². The van der Waals surface area contributed by atoms with Crippen molar-refractivity contribution in [1.29, 1.82) is 0 Å². The van der Waals surface area contributed by atoms with Crippen LogP contribution in [-0.2, 0) is 4.74 Å². The standard InChI is InChI=1S/C17H24NO2/c1-12-4-6-13(7-5-12)17(19)20-16-10-14-8-9-15(11-16)18(14,2)3/h4-7,14-16H,8-11H2,1-3H3/q+1/t14-,15+,16?. The molecule has 0 spiro atoms. The van der Waals surface area contributed by atoms with Gasteiger partial charge in [-0.1, -0.05) is 17.7 Å². The summed E-state index contributed by atoms with van der Waals surface area (Å²) in [5, 5.41) is 0. The van der Waals surface area contributed by atoms with E-state index < -0.39 is 0 Å². The average molecular weight is 274 g/mol. The smallest absolute Gasteiger partial charge is 0.338 e. The lowest BCUT2D eigenvalue weighted by molar-refractivity contribution is -0.931. The summed E-state index contributed by atoms with van der Waals surface area (Å²) in [6, 6.07) is 8.95. The number of fused-ring (bicyclic) bond motifs is 2. The van der Waals surface area contributed by atoms with E-state index in [1.165, 1.54) is 12.8 Å². The number of aryl methyl sites for hydroxylation is 1. The summed E-state index contributed by atoms with van der Waals surface area (Å²) in [4.78, 5) is 12.2. The molecule has 2 aliphatic rings. The van der Waals surface area contributed by atoms with E-state index in [1.807, 2.05) is 31.2 Å². The summed E-state index contributed by atoms with van der Waals surface area (Å²) in [5.74, 6) is -0.165. The highest BCUT2D eigenvalue weighted by Gasteiger charge is 2.49. The SMILES string of the molecule is Cc1ccc(C(=O)OC2C[C@H]3CC[C@@H](C2)[N+]3(C)C)cc1. The normalized spacial score (nSPS) is 31.1. The minimum atomic E-state index is -0.165. The Labute approximate surface area is 121 Å². The van der Waals surface area contributed by atoms with Crippen LogP contribution in [0.5, 0.6) is 0 Å². The zero-order valence-electron chi connectivity index (χ0n) is 12.6. The minimum absolute atomic E-state index is 0.104. The molecule has 3 heteroatoms. The van der Waals surface area contributed by atoms with Gasteiger partial charge in [0, 0.05) is 25.7 Å². The van der Waals surface area contributed by atoms with Crippen molar-refractivity contribution in [2.24, 2.45) is 0 Å². The molecule has 0 saturated carbocycles. The Morgan fingerprint density at radius 3 is 2.20 bits per heavy atom. The van der Waals surface area contributed by atoms with Crippen LogP contribution in [0.1, 0.15) is 41.6 Å². The van der Waals surface area contributed by atoms with Gasteiger partial charge in [0.05, 0.1) is 31.7 Å². The third kappa shape index (κ3) is 2.35. The molecule has 0 N–H and O–H groups in total. The van der Waals surface area contributed by atoms with Crippen molar-refractivity contribution in [2.75, 3.05) is 14.1 Å². The Morgan fingerprint density at radius 1 is 1.10 bits per heavy atom. The summed E-state index contributed by atoms with van der Waals surface area (Å²) < 4.78 is 6.85. The first kappa shape index (κ1) is 13.6. The number of hydrogen-bond donors (Lipinski definition) is 0. The predicted octanol–water partition coefficient (Wildman–Crippen LogP) is 2.92. The molecule has 2 heterocycles. The van der Waals surface area contributed by atoms with Crippen molar-refractivity contribution in [3.05, 3.63) is 35.4 Å². The molecule has 3 rings (SSSR count). The van der Waals surface area contributed by atoms with Gasteiger partial charge in [0.15, 0.2) is 0 Å². The van der Waals surface area contributed by atoms with Gasteiger partial charge in [-0.25, -0.2) is 4.79 Å². The van der Waals surface area contributed by atoms with Gasteiger partial charge >= 0.3 is 5.97 Å². The van der Waals surface area contributed by atoms with E-state index in [1.54, 1.807) is 0 Å². The number of piperidine rings is 1. The van der Waals surface area contributed by atoms with E-state index in [0.717, 1.165) is 22.9 Å². The fourth-order valence-corrected chi connectivity index (χ4v) is 3.84. The van der Waals surface area contributed by atoms with Gasteiger partial charge in [0.2, 0.25) is 0 Å². The molecule has 0 aromatic heterocycles. The predicted molar refractivity (Wildman–Crippen MR) is 78.5 cm³/mol. The Morgan fingerprint density at radius 2 is 1.65 bits per heavy atom. The van der Waals surface area contributed by atoms with Gasteiger partial charge < -0.3 is 9.22 Å².